The number of nitrogens with zero attached hydrogens (tertiary/aromatic N) is 4. The number of carbonyl (C=O) groups is 1. The van der Waals surface area contributed by atoms with Crippen LogP contribution in [0.4, 0.5) is 22.4 Å². The Bertz CT molecular complexity index is 1110. The van der Waals surface area contributed by atoms with E-state index in [-0.39, 0.29) is 29.6 Å². The molecule has 2 saturated carbocycles. The Labute approximate surface area is 199 Å². The molecule has 0 atom stereocenters. The molecule has 2 aromatic rings. The summed E-state index contributed by atoms with van der Waals surface area (Å²) >= 11 is 0. The minimum atomic E-state index is -4.86. The normalized spacial score (nSPS) is 22.1. The minimum Gasteiger partial charge on any atom is -0.406 e. The van der Waals surface area contributed by atoms with Crippen LogP contribution in [-0.2, 0) is 6.54 Å². The number of likely N-dealkylation sites (tertiary alicyclic amines) is 2. The van der Waals surface area contributed by atoms with Gasteiger partial charge >= 0.3 is 12.4 Å². The van der Waals surface area contributed by atoms with Crippen LogP contribution in [-0.4, -0.2) is 69.6 Å². The van der Waals surface area contributed by atoms with Crippen molar-refractivity contribution in [3.05, 3.63) is 41.2 Å². The highest BCUT2D eigenvalue weighted by Crippen LogP contribution is 2.55. The van der Waals surface area contributed by atoms with E-state index >= 15 is 0 Å². The number of hydrogen-bond acceptors (Lipinski definition) is 5. The maximum atomic E-state index is 14.1. The average molecular weight is 494 g/mol. The van der Waals surface area contributed by atoms with Gasteiger partial charge in [0.05, 0.1) is 0 Å². The Balaban J connectivity index is 0.911. The maximum Gasteiger partial charge on any atom is 0.573 e. The lowest BCUT2D eigenvalue weighted by Gasteiger charge is -2.59. The third kappa shape index (κ3) is 4.55. The van der Waals surface area contributed by atoms with Crippen LogP contribution in [0.5, 0.6) is 5.75 Å². The summed E-state index contributed by atoms with van der Waals surface area (Å²) in [5.41, 5.74) is 0.444. The molecular formula is C23H26F4N6O2. The van der Waals surface area contributed by atoms with Gasteiger partial charge in [-0.2, -0.15) is 0 Å². The number of H-pyrrole nitrogens is 1. The molecular weight excluding hydrogens is 468 g/mol. The number of aromatic amines is 1. The number of amides is 2. The van der Waals surface area contributed by atoms with Gasteiger partial charge in [0.2, 0.25) is 0 Å². The van der Waals surface area contributed by atoms with Crippen molar-refractivity contribution in [2.24, 2.45) is 5.41 Å². The molecule has 2 N–H and O–H groups in total. The number of hydrogen-bond donors (Lipinski definition) is 2. The van der Waals surface area contributed by atoms with Gasteiger partial charge < -0.3 is 24.8 Å². The summed E-state index contributed by atoms with van der Waals surface area (Å²) in [5, 5.41) is 11.7. The highest BCUT2D eigenvalue weighted by Gasteiger charge is 2.56. The van der Waals surface area contributed by atoms with Crippen molar-refractivity contribution in [2.45, 2.75) is 56.5 Å². The fraction of sp³-hybridized carbons (Fsp3) is 0.609. The van der Waals surface area contributed by atoms with E-state index in [2.05, 4.69) is 25.2 Å². The molecule has 188 valence electrons. The fourth-order valence-electron chi connectivity index (χ4n) is 5.44. The number of benzene rings is 1. The predicted molar refractivity (Wildman–Crippen MR) is 115 cm³/mol. The Kier molecular flexibility index (Phi) is 5.20. The van der Waals surface area contributed by atoms with Crippen LogP contribution in [0.15, 0.2) is 18.2 Å². The number of urea groups is 1. The van der Waals surface area contributed by atoms with E-state index in [1.54, 1.807) is 4.90 Å². The summed E-state index contributed by atoms with van der Waals surface area (Å²) in [6.45, 7) is 2.72. The standard InChI is InChI=1S/C23H26F4N6O2/c24-18-5-17(35-23(25,26)27)4-3-14(18)8-28-16-9-32(10-16)21(34)33-11-22(12-33)6-15(7-22)20-29-19(30-31-20)13-1-2-13/h3-5,13,15-16,28H,1-2,6-12H2,(H,29,30,31). The molecule has 2 aliphatic carbocycles. The van der Waals surface area contributed by atoms with Gasteiger partial charge in [-0.15, -0.1) is 23.4 Å². The molecule has 6 rings (SSSR count). The van der Waals surface area contributed by atoms with E-state index < -0.39 is 17.9 Å². The minimum absolute atomic E-state index is 0.0138. The lowest BCUT2D eigenvalue weighted by Crippen LogP contribution is -2.69. The summed E-state index contributed by atoms with van der Waals surface area (Å²) in [6.07, 6.45) is -0.422. The zero-order chi connectivity index (χ0) is 24.4. The van der Waals surface area contributed by atoms with E-state index in [9.17, 15) is 22.4 Å². The van der Waals surface area contributed by atoms with Gasteiger partial charge in [0.15, 0.2) is 0 Å². The first kappa shape index (κ1) is 22.6. The van der Waals surface area contributed by atoms with Crippen LogP contribution in [0.1, 0.15) is 54.7 Å². The number of ether oxygens (including phenoxy) is 1. The number of nitrogens with one attached hydrogen (secondary N) is 2. The van der Waals surface area contributed by atoms with Gasteiger partial charge in [0.25, 0.3) is 0 Å². The van der Waals surface area contributed by atoms with Crippen LogP contribution in [0, 0.1) is 11.2 Å². The van der Waals surface area contributed by atoms with E-state index in [0.29, 0.717) is 24.9 Å². The summed E-state index contributed by atoms with van der Waals surface area (Å²) in [6, 6.07) is 3.11. The number of carbonyl (C=O) groups excluding carboxylic acids is 1. The van der Waals surface area contributed by atoms with Gasteiger partial charge in [-0.3, -0.25) is 0 Å². The van der Waals surface area contributed by atoms with Gasteiger partial charge in [-0.05, 0) is 31.7 Å². The number of aromatic nitrogens is 3. The molecule has 0 unspecified atom stereocenters. The predicted octanol–water partition coefficient (Wildman–Crippen LogP) is 3.49. The molecule has 8 nitrogen and oxygen atoms in total. The van der Waals surface area contributed by atoms with Crippen LogP contribution >= 0.6 is 0 Å². The summed E-state index contributed by atoms with van der Waals surface area (Å²) in [7, 11) is 0. The Morgan fingerprint density at radius 2 is 1.80 bits per heavy atom. The summed E-state index contributed by atoms with van der Waals surface area (Å²) < 4.78 is 54.6. The number of halogens is 4. The van der Waals surface area contributed by atoms with Crippen molar-refractivity contribution < 1.29 is 27.1 Å². The van der Waals surface area contributed by atoms with E-state index in [4.69, 9.17) is 0 Å². The smallest absolute Gasteiger partial charge is 0.406 e. The molecule has 3 heterocycles. The van der Waals surface area contributed by atoms with Crippen LogP contribution in [0.25, 0.3) is 0 Å². The first-order valence-corrected chi connectivity index (χ1v) is 11.9. The van der Waals surface area contributed by atoms with Crippen LogP contribution < -0.4 is 10.1 Å². The number of alkyl halides is 3. The molecule has 4 fully saturated rings. The molecule has 12 heteroatoms. The quantitative estimate of drug-likeness (QED) is 0.601. The lowest BCUT2D eigenvalue weighted by molar-refractivity contribution is -0.274. The Morgan fingerprint density at radius 1 is 1.11 bits per heavy atom. The van der Waals surface area contributed by atoms with Crippen molar-refractivity contribution in [1.29, 1.82) is 0 Å². The molecule has 4 aliphatic rings. The highest BCUT2D eigenvalue weighted by molar-refractivity contribution is 5.76. The first-order chi connectivity index (χ1) is 16.7. The molecule has 1 spiro atoms. The monoisotopic (exact) mass is 494 g/mol. The third-order valence-electron chi connectivity index (χ3n) is 7.55. The van der Waals surface area contributed by atoms with Gasteiger partial charge in [-0.1, -0.05) is 6.07 Å². The van der Waals surface area contributed by atoms with Crippen molar-refractivity contribution in [3.8, 4) is 5.75 Å². The van der Waals surface area contributed by atoms with E-state index in [1.807, 2.05) is 4.90 Å². The lowest BCUT2D eigenvalue weighted by atomic mass is 9.57. The van der Waals surface area contributed by atoms with Crippen molar-refractivity contribution in [2.75, 3.05) is 26.2 Å². The maximum absolute atomic E-state index is 14.1. The molecule has 1 aromatic carbocycles. The third-order valence-corrected chi connectivity index (χ3v) is 7.55. The Hall–Kier alpha value is -2.89. The molecule has 2 amide bonds. The second-order valence-corrected chi connectivity index (χ2v) is 10.4. The zero-order valence-corrected chi connectivity index (χ0v) is 18.9. The second-order valence-electron chi connectivity index (χ2n) is 10.4. The SMILES string of the molecule is O=C(N1CC(NCc2ccc(OC(F)(F)F)cc2F)C1)N1CC2(CC(c3nnc(C4CC4)[nH]3)C2)C1. The van der Waals surface area contributed by atoms with Crippen LogP contribution in [0.3, 0.4) is 0 Å². The molecule has 2 aliphatic heterocycles. The largest absolute Gasteiger partial charge is 0.573 e. The zero-order valence-electron chi connectivity index (χ0n) is 18.9. The fourth-order valence-corrected chi connectivity index (χ4v) is 5.44. The van der Waals surface area contributed by atoms with Gasteiger partial charge in [-0.25, -0.2) is 9.18 Å². The van der Waals surface area contributed by atoms with Crippen molar-refractivity contribution in [3.63, 3.8) is 0 Å². The average Bonchev–Trinajstić information content (AvgIpc) is 3.43. The van der Waals surface area contributed by atoms with E-state index in [1.165, 1.54) is 18.9 Å². The second kappa shape index (κ2) is 8.07. The molecule has 0 bridgehead atoms. The van der Waals surface area contributed by atoms with Gasteiger partial charge in [0.1, 0.15) is 23.2 Å². The first-order valence-electron chi connectivity index (χ1n) is 11.9. The van der Waals surface area contributed by atoms with E-state index in [0.717, 1.165) is 49.7 Å². The molecule has 35 heavy (non-hydrogen) atoms. The van der Waals surface area contributed by atoms with Crippen LogP contribution in [0.2, 0.25) is 0 Å². The summed E-state index contributed by atoms with van der Waals surface area (Å²) in [4.78, 5) is 19.7. The molecule has 0 radical (unpaired) electrons. The van der Waals surface area contributed by atoms with Gasteiger partial charge in [0, 0.05) is 67.6 Å². The topological polar surface area (TPSA) is 86.4 Å². The molecule has 2 saturated heterocycles. The summed E-state index contributed by atoms with van der Waals surface area (Å²) in [5.74, 6) is 1.60. The van der Waals surface area contributed by atoms with Crippen molar-refractivity contribution >= 4 is 6.03 Å². The van der Waals surface area contributed by atoms with Crippen molar-refractivity contribution in [1.82, 2.24) is 30.3 Å². The highest BCUT2D eigenvalue weighted by atomic mass is 19.4. The Morgan fingerprint density at radius 3 is 2.43 bits per heavy atom. The molecule has 1 aromatic heterocycles. The number of rotatable bonds is 6.